The maximum Gasteiger partial charge on any atom is 0.234 e. The fraction of sp³-hybridized carbons (Fsp3) is 0.286. The van der Waals surface area contributed by atoms with Crippen LogP contribution in [0.5, 0.6) is 0 Å². The third-order valence-corrected chi connectivity index (χ3v) is 3.58. The summed E-state index contributed by atoms with van der Waals surface area (Å²) in [6.07, 6.45) is 0. The molecule has 0 atom stereocenters. The van der Waals surface area contributed by atoms with E-state index in [1.807, 2.05) is 45.0 Å². The van der Waals surface area contributed by atoms with Crippen molar-refractivity contribution in [3.8, 4) is 0 Å². The predicted molar refractivity (Wildman–Crippen MR) is 79.8 cm³/mol. The number of anilines is 1. The van der Waals surface area contributed by atoms with Gasteiger partial charge >= 0.3 is 0 Å². The molecular weight excluding hydrogens is 272 g/mol. The normalized spacial score (nSPS) is 10.3. The number of amides is 1. The first-order valence-corrected chi connectivity index (χ1v) is 7.20. The second-order valence-electron chi connectivity index (χ2n) is 4.47. The lowest BCUT2D eigenvalue weighted by Crippen LogP contribution is -2.14. The first-order chi connectivity index (χ1) is 9.54. The zero-order valence-corrected chi connectivity index (χ0v) is 12.5. The summed E-state index contributed by atoms with van der Waals surface area (Å²) < 4.78 is 0. The van der Waals surface area contributed by atoms with Gasteiger partial charge in [0.15, 0.2) is 0 Å². The number of aromatic nitrogens is 3. The largest absolute Gasteiger partial charge is 0.325 e. The van der Waals surface area contributed by atoms with Gasteiger partial charge in [0.2, 0.25) is 11.1 Å². The van der Waals surface area contributed by atoms with E-state index in [-0.39, 0.29) is 11.7 Å². The van der Waals surface area contributed by atoms with Gasteiger partial charge in [-0.05, 0) is 32.9 Å². The molecule has 0 aliphatic carbocycles. The molecule has 0 bridgehead atoms. The summed E-state index contributed by atoms with van der Waals surface area (Å²) in [4.78, 5) is 16.1. The number of nitrogens with zero attached hydrogens (tertiary/aromatic N) is 3. The van der Waals surface area contributed by atoms with Gasteiger partial charge < -0.3 is 5.32 Å². The van der Waals surface area contributed by atoms with Crippen LogP contribution in [0.4, 0.5) is 5.69 Å². The molecule has 104 valence electrons. The molecule has 0 aliphatic heterocycles. The summed E-state index contributed by atoms with van der Waals surface area (Å²) in [5.41, 5.74) is 3.59. The molecule has 1 N–H and O–H groups in total. The highest BCUT2D eigenvalue weighted by Gasteiger charge is 2.07. The van der Waals surface area contributed by atoms with Crippen LogP contribution in [0, 0.1) is 20.8 Å². The summed E-state index contributed by atoms with van der Waals surface area (Å²) in [5.74, 6) is 0.179. The van der Waals surface area contributed by atoms with Crippen LogP contribution < -0.4 is 5.32 Å². The monoisotopic (exact) mass is 288 g/mol. The van der Waals surface area contributed by atoms with Gasteiger partial charge in [-0.1, -0.05) is 29.5 Å². The molecule has 5 nitrogen and oxygen atoms in total. The number of rotatable bonds is 4. The highest BCUT2D eigenvalue weighted by Crippen LogP contribution is 2.14. The Hall–Kier alpha value is -1.95. The molecule has 1 heterocycles. The maximum atomic E-state index is 11.8. The van der Waals surface area contributed by atoms with Crippen LogP contribution in [0.2, 0.25) is 0 Å². The van der Waals surface area contributed by atoms with E-state index in [0.29, 0.717) is 5.16 Å². The van der Waals surface area contributed by atoms with E-state index in [4.69, 9.17) is 0 Å². The van der Waals surface area contributed by atoms with E-state index in [1.54, 1.807) is 0 Å². The van der Waals surface area contributed by atoms with E-state index in [9.17, 15) is 4.79 Å². The third kappa shape index (κ3) is 4.03. The van der Waals surface area contributed by atoms with Gasteiger partial charge in [-0.3, -0.25) is 4.79 Å². The average molecular weight is 288 g/mol. The van der Waals surface area contributed by atoms with Gasteiger partial charge in [-0.2, -0.15) is 5.10 Å². The first-order valence-electron chi connectivity index (χ1n) is 6.22. The topological polar surface area (TPSA) is 67.8 Å². The highest BCUT2D eigenvalue weighted by atomic mass is 32.2. The summed E-state index contributed by atoms with van der Waals surface area (Å²) >= 11 is 1.28. The van der Waals surface area contributed by atoms with E-state index < -0.39 is 0 Å². The summed E-state index contributed by atoms with van der Waals surface area (Å²) in [7, 11) is 0. The van der Waals surface area contributed by atoms with Crippen molar-refractivity contribution in [1.82, 2.24) is 15.2 Å². The van der Waals surface area contributed by atoms with Crippen molar-refractivity contribution in [1.29, 1.82) is 0 Å². The lowest BCUT2D eigenvalue weighted by atomic mass is 10.2. The molecule has 6 heteroatoms. The third-order valence-electron chi connectivity index (χ3n) is 2.74. The van der Waals surface area contributed by atoms with Crippen LogP contribution >= 0.6 is 11.8 Å². The minimum atomic E-state index is -0.0827. The van der Waals surface area contributed by atoms with Gasteiger partial charge in [0.25, 0.3) is 0 Å². The molecule has 0 saturated carbocycles. The summed E-state index contributed by atoms with van der Waals surface area (Å²) in [6, 6.07) is 7.68. The molecule has 0 unspecified atom stereocenters. The molecule has 0 aliphatic rings. The summed E-state index contributed by atoms with van der Waals surface area (Å²) in [6.45, 7) is 5.74. The Balaban J connectivity index is 1.88. The van der Waals surface area contributed by atoms with Crippen LogP contribution in [0.25, 0.3) is 0 Å². The number of hydrogen-bond donors (Lipinski definition) is 1. The van der Waals surface area contributed by atoms with E-state index in [0.717, 1.165) is 22.6 Å². The second kappa shape index (κ2) is 6.47. The quantitative estimate of drug-likeness (QED) is 0.876. The molecule has 1 amide bonds. The van der Waals surface area contributed by atoms with E-state index >= 15 is 0 Å². The van der Waals surface area contributed by atoms with Crippen molar-refractivity contribution < 1.29 is 4.79 Å². The van der Waals surface area contributed by atoms with Crippen molar-refractivity contribution in [2.75, 3.05) is 11.1 Å². The molecule has 2 aromatic rings. The van der Waals surface area contributed by atoms with Crippen LogP contribution in [0.15, 0.2) is 29.4 Å². The Morgan fingerprint density at radius 3 is 2.45 bits per heavy atom. The van der Waals surface area contributed by atoms with Gasteiger partial charge in [0, 0.05) is 5.69 Å². The summed E-state index contributed by atoms with van der Waals surface area (Å²) in [5, 5.41) is 11.3. The Bertz CT molecular complexity index is 613. The van der Waals surface area contributed by atoms with Crippen molar-refractivity contribution in [3.63, 3.8) is 0 Å². The zero-order valence-electron chi connectivity index (χ0n) is 11.7. The van der Waals surface area contributed by atoms with Crippen molar-refractivity contribution >= 4 is 23.4 Å². The number of hydrogen-bond acceptors (Lipinski definition) is 5. The smallest absolute Gasteiger partial charge is 0.234 e. The maximum absolute atomic E-state index is 11.8. The van der Waals surface area contributed by atoms with E-state index in [1.165, 1.54) is 11.8 Å². The predicted octanol–water partition coefficient (Wildman–Crippen LogP) is 2.53. The zero-order chi connectivity index (χ0) is 14.5. The molecular formula is C14H16N4OS. The molecule has 2 rings (SSSR count). The van der Waals surface area contributed by atoms with Crippen molar-refractivity contribution in [2.45, 2.75) is 25.9 Å². The van der Waals surface area contributed by atoms with Crippen LogP contribution in [0.3, 0.4) is 0 Å². The van der Waals surface area contributed by atoms with Gasteiger partial charge in [-0.25, -0.2) is 4.98 Å². The minimum absolute atomic E-state index is 0.0827. The van der Waals surface area contributed by atoms with Crippen LogP contribution in [-0.4, -0.2) is 26.8 Å². The number of benzene rings is 1. The Morgan fingerprint density at radius 1 is 1.10 bits per heavy atom. The minimum Gasteiger partial charge on any atom is -0.325 e. The average Bonchev–Trinajstić information content (AvgIpc) is 2.43. The molecule has 0 spiro atoms. The molecule has 1 aromatic heterocycles. The molecule has 20 heavy (non-hydrogen) atoms. The van der Waals surface area contributed by atoms with Gasteiger partial charge in [0.1, 0.15) is 0 Å². The lowest BCUT2D eigenvalue weighted by Gasteiger charge is -2.05. The second-order valence-corrected chi connectivity index (χ2v) is 5.41. The first kappa shape index (κ1) is 14.5. The van der Waals surface area contributed by atoms with Crippen molar-refractivity contribution in [2.24, 2.45) is 0 Å². The fourth-order valence-electron chi connectivity index (χ4n) is 1.46. The molecule has 0 radical (unpaired) electrons. The number of carbonyl (C=O) groups is 1. The number of nitrogens with one attached hydrogen (secondary N) is 1. The van der Waals surface area contributed by atoms with E-state index in [2.05, 4.69) is 20.5 Å². The SMILES string of the molecule is Cc1ccc(NC(=O)CSc2nnc(C)c(C)n2)cc1. The number of thioether (sulfide) groups is 1. The Kier molecular flexibility index (Phi) is 4.68. The highest BCUT2D eigenvalue weighted by molar-refractivity contribution is 7.99. The van der Waals surface area contributed by atoms with Crippen LogP contribution in [-0.2, 0) is 4.79 Å². The molecule has 1 aromatic carbocycles. The Labute approximate surface area is 122 Å². The fourth-order valence-corrected chi connectivity index (χ4v) is 2.09. The van der Waals surface area contributed by atoms with Crippen LogP contribution in [0.1, 0.15) is 17.0 Å². The van der Waals surface area contributed by atoms with Crippen molar-refractivity contribution in [3.05, 3.63) is 41.2 Å². The lowest BCUT2D eigenvalue weighted by molar-refractivity contribution is -0.113. The Morgan fingerprint density at radius 2 is 1.80 bits per heavy atom. The standard InChI is InChI=1S/C14H16N4OS/c1-9-4-6-12(7-5-9)16-13(19)8-20-14-15-10(2)11(3)17-18-14/h4-7H,8H2,1-3H3,(H,16,19). The number of carbonyl (C=O) groups excluding carboxylic acids is 1. The van der Waals surface area contributed by atoms with Gasteiger partial charge in [0.05, 0.1) is 17.1 Å². The van der Waals surface area contributed by atoms with Gasteiger partial charge in [-0.15, -0.1) is 5.10 Å². The molecule has 0 saturated heterocycles. The molecule has 0 fully saturated rings. The number of aryl methyl sites for hydroxylation is 3.